The van der Waals surface area contributed by atoms with Crippen LogP contribution in [0.1, 0.15) is 18.5 Å². The number of thioether (sulfide) groups is 1. The molecule has 0 radical (unpaired) electrons. The first-order valence-corrected chi connectivity index (χ1v) is 10.3. The molecule has 0 unspecified atom stereocenters. The first kappa shape index (κ1) is 18.6. The Morgan fingerprint density at radius 3 is 2.73 bits per heavy atom. The molecule has 2 amide bonds. The van der Waals surface area contributed by atoms with Gasteiger partial charge in [-0.1, -0.05) is 18.2 Å². The van der Waals surface area contributed by atoms with Gasteiger partial charge in [0.05, 0.1) is 11.4 Å². The molecule has 0 spiro atoms. The molecule has 1 aromatic carbocycles. The van der Waals surface area contributed by atoms with Crippen LogP contribution in [0.15, 0.2) is 48.7 Å². The summed E-state index contributed by atoms with van der Waals surface area (Å²) in [6, 6.07) is 13.2. The van der Waals surface area contributed by atoms with Gasteiger partial charge in [-0.2, -0.15) is 11.8 Å². The molecule has 0 saturated carbocycles. The van der Waals surface area contributed by atoms with Gasteiger partial charge in [0.2, 0.25) is 0 Å². The maximum atomic E-state index is 12.6. The number of carbonyl (C=O) groups is 1. The standard InChI is InChI=1S/C20H25N3O2S/c1-26-15-16-9-12-23(13-10-16)20(24)22-18-7-2-3-8-19(18)25-14-17-6-4-5-11-21-17/h2-8,11,16H,9-10,12-15H2,1H3,(H,22,24). The summed E-state index contributed by atoms with van der Waals surface area (Å²) < 4.78 is 5.86. The highest BCUT2D eigenvalue weighted by atomic mass is 32.2. The number of aromatic nitrogens is 1. The largest absolute Gasteiger partial charge is 0.485 e. The lowest BCUT2D eigenvalue weighted by molar-refractivity contribution is 0.187. The second-order valence-electron chi connectivity index (χ2n) is 6.42. The van der Waals surface area contributed by atoms with Gasteiger partial charge < -0.3 is 15.0 Å². The summed E-state index contributed by atoms with van der Waals surface area (Å²) in [5.74, 6) is 2.56. The van der Waals surface area contributed by atoms with E-state index in [2.05, 4.69) is 16.6 Å². The van der Waals surface area contributed by atoms with E-state index in [1.807, 2.05) is 59.1 Å². The van der Waals surface area contributed by atoms with E-state index in [4.69, 9.17) is 4.74 Å². The summed E-state index contributed by atoms with van der Waals surface area (Å²) in [7, 11) is 0. The summed E-state index contributed by atoms with van der Waals surface area (Å²) in [5.41, 5.74) is 1.55. The number of pyridine rings is 1. The van der Waals surface area contributed by atoms with Crippen LogP contribution in [-0.4, -0.2) is 41.0 Å². The quantitative estimate of drug-likeness (QED) is 0.824. The van der Waals surface area contributed by atoms with Crippen molar-refractivity contribution >= 4 is 23.5 Å². The number of amides is 2. The van der Waals surface area contributed by atoms with E-state index in [-0.39, 0.29) is 6.03 Å². The molecule has 2 aromatic rings. The van der Waals surface area contributed by atoms with Gasteiger partial charge in [0.15, 0.2) is 0 Å². The molecule has 2 heterocycles. The fourth-order valence-electron chi connectivity index (χ4n) is 3.06. The Morgan fingerprint density at radius 2 is 2.00 bits per heavy atom. The van der Waals surface area contributed by atoms with Crippen LogP contribution < -0.4 is 10.1 Å². The Balaban J connectivity index is 1.57. The lowest BCUT2D eigenvalue weighted by atomic mass is 9.99. The number of rotatable bonds is 6. The summed E-state index contributed by atoms with van der Waals surface area (Å²) in [6.07, 6.45) is 6.03. The fourth-order valence-corrected chi connectivity index (χ4v) is 3.87. The Morgan fingerprint density at radius 1 is 1.23 bits per heavy atom. The normalized spacial score (nSPS) is 14.9. The van der Waals surface area contributed by atoms with Crippen LogP contribution in [0.5, 0.6) is 5.75 Å². The van der Waals surface area contributed by atoms with Crippen molar-refractivity contribution in [2.75, 3.05) is 30.4 Å². The van der Waals surface area contributed by atoms with Gasteiger partial charge in [0.1, 0.15) is 12.4 Å². The molecular formula is C20H25N3O2S. The molecule has 5 nitrogen and oxygen atoms in total. The minimum absolute atomic E-state index is 0.0542. The number of anilines is 1. The molecule has 138 valence electrons. The van der Waals surface area contributed by atoms with Crippen molar-refractivity contribution in [1.82, 2.24) is 9.88 Å². The third-order valence-electron chi connectivity index (χ3n) is 4.53. The van der Waals surface area contributed by atoms with E-state index >= 15 is 0 Å². The van der Waals surface area contributed by atoms with Crippen LogP contribution in [0.3, 0.4) is 0 Å². The van der Waals surface area contributed by atoms with Crippen LogP contribution in [0.25, 0.3) is 0 Å². The molecule has 6 heteroatoms. The van der Waals surface area contributed by atoms with E-state index < -0.39 is 0 Å². The van der Waals surface area contributed by atoms with Gasteiger partial charge >= 0.3 is 6.03 Å². The molecule has 0 atom stereocenters. The number of likely N-dealkylation sites (tertiary alicyclic amines) is 1. The first-order valence-electron chi connectivity index (χ1n) is 8.93. The molecule has 1 aromatic heterocycles. The number of para-hydroxylation sites is 2. The highest BCUT2D eigenvalue weighted by Crippen LogP contribution is 2.26. The zero-order valence-corrected chi connectivity index (χ0v) is 15.9. The van der Waals surface area contributed by atoms with Crippen LogP contribution >= 0.6 is 11.8 Å². The molecule has 1 fully saturated rings. The Bertz CT molecular complexity index is 703. The number of hydrogen-bond acceptors (Lipinski definition) is 4. The van der Waals surface area contributed by atoms with Crippen molar-refractivity contribution in [3.63, 3.8) is 0 Å². The van der Waals surface area contributed by atoms with Gasteiger partial charge in [0.25, 0.3) is 0 Å². The Labute approximate surface area is 159 Å². The molecule has 1 N–H and O–H groups in total. The second kappa shape index (κ2) is 9.48. The van der Waals surface area contributed by atoms with Crippen LogP contribution in [0, 0.1) is 5.92 Å². The minimum Gasteiger partial charge on any atom is -0.485 e. The van der Waals surface area contributed by atoms with Gasteiger partial charge in [-0.15, -0.1) is 0 Å². The van der Waals surface area contributed by atoms with Gasteiger partial charge in [-0.3, -0.25) is 4.98 Å². The predicted molar refractivity (Wildman–Crippen MR) is 107 cm³/mol. The number of carbonyl (C=O) groups excluding carboxylic acids is 1. The number of urea groups is 1. The zero-order valence-electron chi connectivity index (χ0n) is 15.1. The average molecular weight is 372 g/mol. The van der Waals surface area contributed by atoms with E-state index in [9.17, 15) is 4.79 Å². The van der Waals surface area contributed by atoms with E-state index in [0.717, 1.165) is 37.5 Å². The third kappa shape index (κ3) is 5.14. The topological polar surface area (TPSA) is 54.5 Å². The van der Waals surface area contributed by atoms with Gasteiger partial charge in [0, 0.05) is 19.3 Å². The second-order valence-corrected chi connectivity index (χ2v) is 7.33. The van der Waals surface area contributed by atoms with Crippen LogP contribution in [-0.2, 0) is 6.61 Å². The predicted octanol–water partition coefficient (Wildman–Crippen LogP) is 4.27. The van der Waals surface area contributed by atoms with E-state index in [0.29, 0.717) is 18.0 Å². The maximum Gasteiger partial charge on any atom is 0.321 e. The Kier molecular flexibility index (Phi) is 6.77. The number of hydrogen-bond donors (Lipinski definition) is 1. The van der Waals surface area contributed by atoms with E-state index in [1.54, 1.807) is 6.20 Å². The monoisotopic (exact) mass is 371 g/mol. The van der Waals surface area contributed by atoms with Crippen molar-refractivity contribution < 1.29 is 9.53 Å². The minimum atomic E-state index is -0.0542. The zero-order chi connectivity index (χ0) is 18.2. The molecule has 0 aliphatic carbocycles. The van der Waals surface area contributed by atoms with Crippen molar-refractivity contribution in [1.29, 1.82) is 0 Å². The number of nitrogens with zero attached hydrogens (tertiary/aromatic N) is 2. The summed E-state index contributed by atoms with van der Waals surface area (Å²) in [5, 5.41) is 3.00. The molecular weight excluding hydrogens is 346 g/mol. The van der Waals surface area contributed by atoms with Crippen molar-refractivity contribution in [2.45, 2.75) is 19.4 Å². The first-order chi connectivity index (χ1) is 12.8. The van der Waals surface area contributed by atoms with Crippen molar-refractivity contribution in [2.24, 2.45) is 5.92 Å². The van der Waals surface area contributed by atoms with E-state index in [1.165, 1.54) is 5.75 Å². The maximum absolute atomic E-state index is 12.6. The van der Waals surface area contributed by atoms with Gasteiger partial charge in [-0.25, -0.2) is 4.79 Å². The number of benzene rings is 1. The summed E-state index contributed by atoms with van der Waals surface area (Å²) >= 11 is 1.89. The fraction of sp³-hybridized carbons (Fsp3) is 0.400. The molecule has 26 heavy (non-hydrogen) atoms. The summed E-state index contributed by atoms with van der Waals surface area (Å²) in [4.78, 5) is 18.8. The number of ether oxygens (including phenoxy) is 1. The smallest absolute Gasteiger partial charge is 0.321 e. The van der Waals surface area contributed by atoms with Crippen LogP contribution in [0.2, 0.25) is 0 Å². The highest BCUT2D eigenvalue weighted by molar-refractivity contribution is 7.98. The Hall–Kier alpha value is -2.21. The highest BCUT2D eigenvalue weighted by Gasteiger charge is 2.23. The lowest BCUT2D eigenvalue weighted by Crippen LogP contribution is -2.41. The molecule has 1 saturated heterocycles. The van der Waals surface area contributed by atoms with Crippen molar-refractivity contribution in [3.05, 3.63) is 54.4 Å². The summed E-state index contributed by atoms with van der Waals surface area (Å²) in [6.45, 7) is 2.00. The van der Waals surface area contributed by atoms with Crippen molar-refractivity contribution in [3.8, 4) is 5.75 Å². The average Bonchev–Trinajstić information content (AvgIpc) is 2.69. The SMILES string of the molecule is CSCC1CCN(C(=O)Nc2ccccc2OCc2ccccn2)CC1. The number of nitrogens with one attached hydrogen (secondary N) is 1. The molecule has 3 rings (SSSR count). The van der Waals surface area contributed by atoms with Gasteiger partial charge in [-0.05, 0) is 55.0 Å². The van der Waals surface area contributed by atoms with Crippen LogP contribution in [0.4, 0.5) is 10.5 Å². The molecule has 0 bridgehead atoms. The lowest BCUT2D eigenvalue weighted by Gasteiger charge is -2.31. The molecule has 1 aliphatic heterocycles. The molecule has 1 aliphatic rings. The number of piperidine rings is 1. The third-order valence-corrected chi connectivity index (χ3v) is 5.34.